The normalized spacial score (nSPS) is 23.8. The summed E-state index contributed by atoms with van der Waals surface area (Å²) in [6.07, 6.45) is 6.77. The summed E-state index contributed by atoms with van der Waals surface area (Å²) in [4.78, 5) is 18.2. The van der Waals surface area contributed by atoms with Gasteiger partial charge in [0.1, 0.15) is 10.6 Å². The van der Waals surface area contributed by atoms with E-state index in [4.69, 9.17) is 4.74 Å². The first-order chi connectivity index (χ1) is 15.4. The van der Waals surface area contributed by atoms with Gasteiger partial charge in [-0.05, 0) is 70.2 Å². The van der Waals surface area contributed by atoms with Gasteiger partial charge in [-0.2, -0.15) is 4.31 Å². The van der Waals surface area contributed by atoms with Crippen LogP contribution in [0, 0.1) is 0 Å². The van der Waals surface area contributed by atoms with Crippen molar-refractivity contribution in [1.82, 2.24) is 14.1 Å². The van der Waals surface area contributed by atoms with Gasteiger partial charge in [0, 0.05) is 43.3 Å². The number of methoxy groups -OCH3 is 1. The number of piperidine rings is 2. The zero-order valence-electron chi connectivity index (χ0n) is 19.6. The minimum atomic E-state index is -3.74. The Morgan fingerprint density at radius 2 is 1.75 bits per heavy atom. The second-order valence-electron chi connectivity index (χ2n) is 9.44. The molecule has 2 heterocycles. The van der Waals surface area contributed by atoms with Crippen LogP contribution < -0.4 is 4.74 Å². The van der Waals surface area contributed by atoms with Gasteiger partial charge in [-0.25, -0.2) is 8.42 Å². The highest BCUT2D eigenvalue weighted by Gasteiger charge is 2.40. The van der Waals surface area contributed by atoms with Crippen LogP contribution in [0.15, 0.2) is 23.1 Å². The van der Waals surface area contributed by atoms with E-state index < -0.39 is 10.0 Å². The molecule has 4 rings (SSSR count). The summed E-state index contributed by atoms with van der Waals surface area (Å²) < 4.78 is 34.1. The summed E-state index contributed by atoms with van der Waals surface area (Å²) >= 11 is 0. The number of amides is 1. The molecular weight excluding hydrogens is 426 g/mol. The Morgan fingerprint density at radius 3 is 2.34 bits per heavy atom. The highest BCUT2D eigenvalue weighted by molar-refractivity contribution is 7.89. The van der Waals surface area contributed by atoms with Crippen molar-refractivity contribution < 1.29 is 17.9 Å². The Kier molecular flexibility index (Phi) is 7.12. The molecule has 3 fully saturated rings. The van der Waals surface area contributed by atoms with Crippen LogP contribution in [0.4, 0.5) is 0 Å². The molecule has 1 saturated carbocycles. The van der Waals surface area contributed by atoms with E-state index in [0.29, 0.717) is 17.9 Å². The van der Waals surface area contributed by atoms with Gasteiger partial charge in [-0.1, -0.05) is 13.3 Å². The fourth-order valence-corrected chi connectivity index (χ4v) is 7.09. The lowest BCUT2D eigenvalue weighted by atomic mass is 10.0. The molecule has 0 radical (unpaired) electrons. The lowest BCUT2D eigenvalue weighted by Gasteiger charge is -2.38. The second kappa shape index (κ2) is 9.69. The van der Waals surface area contributed by atoms with E-state index in [-0.39, 0.29) is 28.9 Å². The number of benzene rings is 1. The highest BCUT2D eigenvalue weighted by atomic mass is 32.2. The third-order valence-electron chi connectivity index (χ3n) is 7.31. The molecule has 178 valence electrons. The van der Waals surface area contributed by atoms with E-state index >= 15 is 0 Å². The van der Waals surface area contributed by atoms with Crippen molar-refractivity contribution in [2.75, 3.05) is 33.3 Å². The van der Waals surface area contributed by atoms with Crippen LogP contribution in [0.25, 0.3) is 0 Å². The van der Waals surface area contributed by atoms with Crippen LogP contribution in [-0.2, 0) is 10.0 Å². The molecule has 3 aliphatic rings. The number of hydrogen-bond donors (Lipinski definition) is 0. The molecule has 1 aromatic rings. The van der Waals surface area contributed by atoms with Crippen LogP contribution in [0.1, 0.15) is 69.2 Å². The zero-order chi connectivity index (χ0) is 22.9. The van der Waals surface area contributed by atoms with Gasteiger partial charge in [-0.3, -0.25) is 4.79 Å². The van der Waals surface area contributed by atoms with Crippen molar-refractivity contribution in [2.24, 2.45) is 0 Å². The molecule has 7 nitrogen and oxygen atoms in total. The third-order valence-corrected chi connectivity index (χ3v) is 9.35. The average molecular weight is 464 g/mol. The number of likely N-dealkylation sites (tertiary alicyclic amines) is 1. The number of carbonyl (C=O) groups excluding carboxylic acids is 1. The molecule has 0 N–H and O–H groups in total. The van der Waals surface area contributed by atoms with Gasteiger partial charge in [0.05, 0.1) is 7.11 Å². The van der Waals surface area contributed by atoms with Crippen LogP contribution >= 0.6 is 0 Å². The topological polar surface area (TPSA) is 70.2 Å². The summed E-state index contributed by atoms with van der Waals surface area (Å²) in [7, 11) is -2.27. The van der Waals surface area contributed by atoms with Crippen molar-refractivity contribution in [1.29, 1.82) is 0 Å². The molecule has 2 saturated heterocycles. The first-order valence-electron chi connectivity index (χ1n) is 12.1. The second-order valence-corrected chi connectivity index (χ2v) is 11.3. The monoisotopic (exact) mass is 463 g/mol. The lowest BCUT2D eigenvalue weighted by Crippen LogP contribution is -2.48. The number of rotatable bonds is 7. The Balaban J connectivity index is 1.63. The summed E-state index contributed by atoms with van der Waals surface area (Å²) in [5, 5.41) is 0. The van der Waals surface area contributed by atoms with Gasteiger partial charge in [0.2, 0.25) is 10.0 Å². The largest absolute Gasteiger partial charge is 0.495 e. The van der Waals surface area contributed by atoms with Crippen molar-refractivity contribution in [3.8, 4) is 5.75 Å². The van der Waals surface area contributed by atoms with Crippen molar-refractivity contribution >= 4 is 15.9 Å². The van der Waals surface area contributed by atoms with Gasteiger partial charge in [0.25, 0.3) is 5.91 Å². The smallest absolute Gasteiger partial charge is 0.254 e. The van der Waals surface area contributed by atoms with Gasteiger partial charge in [0.15, 0.2) is 0 Å². The fourth-order valence-electron chi connectivity index (χ4n) is 5.21. The molecule has 2 aliphatic heterocycles. The third kappa shape index (κ3) is 4.68. The Labute approximate surface area is 192 Å². The van der Waals surface area contributed by atoms with E-state index in [9.17, 15) is 13.2 Å². The summed E-state index contributed by atoms with van der Waals surface area (Å²) in [5.74, 6) is 0.252. The maximum absolute atomic E-state index is 13.7. The number of nitrogens with zero attached hydrogens (tertiary/aromatic N) is 3. The predicted octanol–water partition coefficient (Wildman–Crippen LogP) is 3.35. The van der Waals surface area contributed by atoms with E-state index in [1.807, 2.05) is 6.92 Å². The van der Waals surface area contributed by atoms with Crippen LogP contribution in [0.5, 0.6) is 5.75 Å². The predicted molar refractivity (Wildman–Crippen MR) is 125 cm³/mol. The zero-order valence-corrected chi connectivity index (χ0v) is 20.4. The van der Waals surface area contributed by atoms with Crippen molar-refractivity contribution in [2.45, 2.75) is 81.8 Å². The van der Waals surface area contributed by atoms with E-state index in [2.05, 4.69) is 16.7 Å². The molecule has 1 unspecified atom stereocenters. The van der Waals surface area contributed by atoms with Gasteiger partial charge in [-0.15, -0.1) is 0 Å². The Morgan fingerprint density at radius 1 is 1.06 bits per heavy atom. The van der Waals surface area contributed by atoms with Crippen molar-refractivity contribution in [3.63, 3.8) is 0 Å². The highest BCUT2D eigenvalue weighted by Crippen LogP contribution is 2.36. The molecule has 1 aliphatic carbocycles. The molecule has 8 heteroatoms. The number of sulfonamides is 1. The number of ether oxygens (including phenoxy) is 1. The first-order valence-corrected chi connectivity index (χ1v) is 13.6. The van der Waals surface area contributed by atoms with Gasteiger partial charge < -0.3 is 14.5 Å². The minimum Gasteiger partial charge on any atom is -0.495 e. The number of hydrogen-bond acceptors (Lipinski definition) is 5. The maximum atomic E-state index is 13.7. The molecule has 0 bridgehead atoms. The first kappa shape index (κ1) is 23.5. The molecule has 32 heavy (non-hydrogen) atoms. The molecule has 0 spiro atoms. The quantitative estimate of drug-likeness (QED) is 0.620. The van der Waals surface area contributed by atoms with Crippen molar-refractivity contribution in [3.05, 3.63) is 23.8 Å². The van der Waals surface area contributed by atoms with E-state index in [1.54, 1.807) is 22.5 Å². The Hall–Kier alpha value is -1.64. The SMILES string of the molecule is CCN1CCC(N(C(=O)c2ccc(OC)c(S(=O)(=O)N3CCCCC3C)c2)C2CC2)CC1. The van der Waals surface area contributed by atoms with Crippen LogP contribution in [0.2, 0.25) is 0 Å². The molecule has 1 amide bonds. The molecular formula is C24H37N3O4S. The van der Waals surface area contributed by atoms with Crippen LogP contribution in [0.3, 0.4) is 0 Å². The summed E-state index contributed by atoms with van der Waals surface area (Å²) in [5.41, 5.74) is 0.443. The molecule has 1 atom stereocenters. The van der Waals surface area contributed by atoms with Crippen LogP contribution in [-0.4, -0.2) is 79.8 Å². The average Bonchev–Trinajstić information content (AvgIpc) is 3.64. The molecule has 1 aromatic carbocycles. The molecule has 0 aromatic heterocycles. The Bertz CT molecular complexity index is 923. The fraction of sp³-hybridized carbons (Fsp3) is 0.708. The standard InChI is InChI=1S/C24H37N3O4S/c1-4-25-15-12-21(13-16-25)27(20-9-10-20)24(28)19-8-11-22(31-3)23(17-19)32(29,30)26-14-6-5-7-18(26)2/h8,11,17-18,20-21H,4-7,9-10,12-16H2,1-3H3. The lowest BCUT2D eigenvalue weighted by molar-refractivity contribution is 0.0554. The summed E-state index contributed by atoms with van der Waals surface area (Å²) in [6.45, 7) is 7.69. The van der Waals surface area contributed by atoms with E-state index in [0.717, 1.165) is 64.6 Å². The maximum Gasteiger partial charge on any atom is 0.254 e. The summed E-state index contributed by atoms with van der Waals surface area (Å²) in [6, 6.07) is 5.36. The van der Waals surface area contributed by atoms with E-state index in [1.165, 1.54) is 7.11 Å². The van der Waals surface area contributed by atoms with Gasteiger partial charge >= 0.3 is 0 Å². The number of carbonyl (C=O) groups is 1. The minimum absolute atomic E-state index is 0.0479.